The Morgan fingerprint density at radius 2 is 2.29 bits per heavy atom. The van der Waals surface area contributed by atoms with Crippen LogP contribution in [-0.4, -0.2) is 5.11 Å². The van der Waals surface area contributed by atoms with Gasteiger partial charge < -0.3 is 5.11 Å². The van der Waals surface area contributed by atoms with Gasteiger partial charge >= 0.3 is 0 Å². The molecule has 1 aromatic heterocycles. The third kappa shape index (κ3) is 1.52. The van der Waals surface area contributed by atoms with Gasteiger partial charge in [-0.1, -0.05) is 6.07 Å². The van der Waals surface area contributed by atoms with E-state index in [4.69, 9.17) is 10.4 Å². The number of halogens is 1. The van der Waals surface area contributed by atoms with Gasteiger partial charge in [-0.05, 0) is 40.3 Å². The maximum Gasteiger partial charge on any atom is 0.110 e. The van der Waals surface area contributed by atoms with E-state index >= 15 is 0 Å². The summed E-state index contributed by atoms with van der Waals surface area (Å²) in [5.41, 5.74) is 0.887. The number of hydrogen-bond donors (Lipinski definition) is 1. The molecule has 0 saturated carbocycles. The van der Waals surface area contributed by atoms with Gasteiger partial charge in [0.25, 0.3) is 0 Å². The maximum atomic E-state index is 9.13. The molecule has 1 heterocycles. The van der Waals surface area contributed by atoms with Crippen LogP contribution < -0.4 is 0 Å². The molecule has 0 saturated heterocycles. The Labute approximate surface area is 98.9 Å². The van der Waals surface area contributed by atoms with Crippen LogP contribution in [0.5, 0.6) is 0 Å². The van der Waals surface area contributed by atoms with E-state index in [2.05, 4.69) is 28.7 Å². The van der Waals surface area contributed by atoms with Crippen molar-refractivity contribution in [1.82, 2.24) is 0 Å². The summed E-state index contributed by atoms with van der Waals surface area (Å²) in [6.45, 7) is 0.0228. The van der Waals surface area contributed by atoms with Gasteiger partial charge in [0, 0.05) is 13.7 Å². The molecule has 0 unspecified atom stereocenters. The summed E-state index contributed by atoms with van der Waals surface area (Å²) in [6, 6.07) is 7.83. The molecule has 2 aromatic rings. The van der Waals surface area contributed by atoms with Crippen molar-refractivity contribution in [3.8, 4) is 6.07 Å². The summed E-state index contributed by atoms with van der Waals surface area (Å²) >= 11 is 3.71. The summed E-state index contributed by atoms with van der Waals surface area (Å²) in [5, 5.41) is 18.9. The molecular formula is C10H6INOS. The number of hydrogen-bond acceptors (Lipinski definition) is 3. The standard InChI is InChI=1S/C10H6INOS/c11-9-2-1-6(5-13)8-3-7(4-12)14-10(8)9/h1-3,13H,5H2. The van der Waals surface area contributed by atoms with Crippen LogP contribution in [-0.2, 0) is 6.61 Å². The number of nitriles is 1. The van der Waals surface area contributed by atoms with Crippen molar-refractivity contribution in [3.63, 3.8) is 0 Å². The van der Waals surface area contributed by atoms with Crippen LogP contribution in [0, 0.1) is 14.9 Å². The second-order valence-corrected chi connectivity index (χ2v) is 5.04. The normalized spacial score (nSPS) is 10.4. The highest BCUT2D eigenvalue weighted by Crippen LogP contribution is 2.31. The molecule has 4 heteroatoms. The lowest BCUT2D eigenvalue weighted by molar-refractivity contribution is 0.283. The Morgan fingerprint density at radius 3 is 2.93 bits per heavy atom. The van der Waals surface area contributed by atoms with Gasteiger partial charge in [-0.25, -0.2) is 0 Å². The minimum atomic E-state index is 0.0228. The summed E-state index contributed by atoms with van der Waals surface area (Å²) in [4.78, 5) is 0.693. The highest BCUT2D eigenvalue weighted by atomic mass is 127. The molecule has 14 heavy (non-hydrogen) atoms. The van der Waals surface area contributed by atoms with Gasteiger partial charge in [0.05, 0.1) is 6.61 Å². The first-order valence-electron chi connectivity index (χ1n) is 3.98. The van der Waals surface area contributed by atoms with Crippen LogP contribution in [0.4, 0.5) is 0 Å². The second kappa shape index (κ2) is 3.85. The van der Waals surface area contributed by atoms with Gasteiger partial charge in [0.2, 0.25) is 0 Å². The topological polar surface area (TPSA) is 44.0 Å². The highest BCUT2D eigenvalue weighted by molar-refractivity contribution is 14.1. The first-order chi connectivity index (χ1) is 6.76. The molecule has 0 bridgehead atoms. The third-order valence-corrected chi connectivity index (χ3v) is 4.34. The van der Waals surface area contributed by atoms with E-state index in [9.17, 15) is 0 Å². The smallest absolute Gasteiger partial charge is 0.110 e. The maximum absolute atomic E-state index is 9.13. The number of aliphatic hydroxyl groups excluding tert-OH is 1. The largest absolute Gasteiger partial charge is 0.392 e. The Kier molecular flexibility index (Phi) is 2.72. The number of aliphatic hydroxyl groups is 1. The lowest BCUT2D eigenvalue weighted by Crippen LogP contribution is -1.83. The van der Waals surface area contributed by atoms with Crippen LogP contribution in [0.2, 0.25) is 0 Å². The van der Waals surface area contributed by atoms with Crippen LogP contribution in [0.25, 0.3) is 10.1 Å². The fourth-order valence-corrected chi connectivity index (χ4v) is 3.05. The average molecular weight is 315 g/mol. The van der Waals surface area contributed by atoms with Gasteiger partial charge in [0.1, 0.15) is 10.9 Å². The minimum Gasteiger partial charge on any atom is -0.392 e. The molecule has 2 nitrogen and oxygen atoms in total. The molecule has 2 rings (SSSR count). The molecule has 0 amide bonds. The Hall–Kier alpha value is -0.640. The Bertz CT molecular complexity index is 527. The monoisotopic (exact) mass is 315 g/mol. The van der Waals surface area contributed by atoms with Crippen LogP contribution in [0.1, 0.15) is 10.4 Å². The van der Waals surface area contributed by atoms with Crippen molar-refractivity contribution < 1.29 is 5.11 Å². The molecule has 0 atom stereocenters. The van der Waals surface area contributed by atoms with E-state index in [0.717, 1.165) is 19.2 Å². The molecule has 70 valence electrons. The molecule has 0 aliphatic heterocycles. The third-order valence-electron chi connectivity index (χ3n) is 2.01. The van der Waals surface area contributed by atoms with Crippen molar-refractivity contribution in [3.05, 3.63) is 32.2 Å². The predicted octanol–water partition coefficient (Wildman–Crippen LogP) is 2.87. The van der Waals surface area contributed by atoms with E-state index in [-0.39, 0.29) is 6.61 Å². The van der Waals surface area contributed by atoms with Crippen LogP contribution in [0.15, 0.2) is 18.2 Å². The summed E-state index contributed by atoms with van der Waals surface area (Å²) in [7, 11) is 0. The molecule has 0 aliphatic carbocycles. The van der Waals surface area contributed by atoms with Gasteiger partial charge in [-0.3, -0.25) is 0 Å². The summed E-state index contributed by atoms with van der Waals surface area (Å²) in [5.74, 6) is 0. The van der Waals surface area contributed by atoms with Crippen LogP contribution >= 0.6 is 33.9 Å². The fraction of sp³-hybridized carbons (Fsp3) is 0.100. The van der Waals surface area contributed by atoms with Crippen molar-refractivity contribution in [2.24, 2.45) is 0 Å². The average Bonchev–Trinajstić information content (AvgIpc) is 2.63. The lowest BCUT2D eigenvalue weighted by Gasteiger charge is -1.99. The minimum absolute atomic E-state index is 0.0228. The molecule has 1 N–H and O–H groups in total. The highest BCUT2D eigenvalue weighted by Gasteiger charge is 2.08. The van der Waals surface area contributed by atoms with E-state index in [1.165, 1.54) is 11.3 Å². The molecule has 0 radical (unpaired) electrons. The number of thiophene rings is 1. The van der Waals surface area contributed by atoms with Crippen molar-refractivity contribution >= 4 is 44.0 Å². The van der Waals surface area contributed by atoms with Crippen molar-refractivity contribution in [2.75, 3.05) is 0 Å². The van der Waals surface area contributed by atoms with Gasteiger partial charge in [0.15, 0.2) is 0 Å². The first kappa shape index (κ1) is 9.90. The molecular weight excluding hydrogens is 309 g/mol. The number of fused-ring (bicyclic) bond motifs is 1. The van der Waals surface area contributed by atoms with Crippen molar-refractivity contribution in [1.29, 1.82) is 5.26 Å². The van der Waals surface area contributed by atoms with Gasteiger partial charge in [-0.15, -0.1) is 11.3 Å². The number of nitrogens with zero attached hydrogens (tertiary/aromatic N) is 1. The zero-order valence-corrected chi connectivity index (χ0v) is 10.1. The lowest BCUT2D eigenvalue weighted by atomic mass is 10.1. The predicted molar refractivity (Wildman–Crippen MR) is 65.2 cm³/mol. The van der Waals surface area contributed by atoms with E-state index in [1.54, 1.807) is 0 Å². The number of rotatable bonds is 1. The van der Waals surface area contributed by atoms with E-state index in [0.29, 0.717) is 4.88 Å². The fourth-order valence-electron chi connectivity index (χ4n) is 1.34. The van der Waals surface area contributed by atoms with Crippen molar-refractivity contribution in [2.45, 2.75) is 6.61 Å². The zero-order valence-electron chi connectivity index (χ0n) is 7.12. The van der Waals surface area contributed by atoms with Gasteiger partial charge in [-0.2, -0.15) is 5.26 Å². The molecule has 0 aliphatic rings. The van der Waals surface area contributed by atoms with E-state index < -0.39 is 0 Å². The summed E-state index contributed by atoms with van der Waals surface area (Å²) < 4.78 is 2.22. The summed E-state index contributed by atoms with van der Waals surface area (Å²) in [6.07, 6.45) is 0. The molecule has 0 spiro atoms. The first-order valence-corrected chi connectivity index (χ1v) is 5.87. The SMILES string of the molecule is N#Cc1cc2c(CO)ccc(I)c2s1. The molecule has 0 fully saturated rings. The van der Waals surface area contributed by atoms with Crippen LogP contribution in [0.3, 0.4) is 0 Å². The van der Waals surface area contributed by atoms with E-state index in [1.807, 2.05) is 18.2 Å². The Morgan fingerprint density at radius 1 is 1.50 bits per heavy atom. The Balaban J connectivity index is 2.83. The zero-order chi connectivity index (χ0) is 10.1. The second-order valence-electron chi connectivity index (χ2n) is 2.83. The number of benzene rings is 1. The quantitative estimate of drug-likeness (QED) is 0.823. The molecule has 1 aromatic carbocycles.